The maximum absolute atomic E-state index is 13.1. The number of rotatable bonds is 7. The maximum atomic E-state index is 13.1. The molecule has 1 aliphatic rings. The van der Waals surface area contributed by atoms with Crippen LogP contribution in [0.15, 0.2) is 24.3 Å². The molecule has 25 heavy (non-hydrogen) atoms. The molecule has 1 heterocycles. The molecule has 1 fully saturated rings. The lowest BCUT2D eigenvalue weighted by atomic mass is 10.1. The average molecular weight is 356 g/mol. The molecular formula is C19H27F3N2O. The molecule has 0 aromatic heterocycles. The number of nitrogens with zero attached hydrogens (tertiary/aromatic N) is 2. The van der Waals surface area contributed by atoms with Gasteiger partial charge in [0.15, 0.2) is 0 Å². The topological polar surface area (TPSA) is 23.6 Å². The summed E-state index contributed by atoms with van der Waals surface area (Å²) in [5.74, 6) is 0.125. The van der Waals surface area contributed by atoms with Crippen LogP contribution in [0.3, 0.4) is 0 Å². The number of hydrogen-bond acceptors (Lipinski definition) is 2. The largest absolute Gasteiger partial charge is 0.418 e. The molecule has 1 aromatic rings. The number of hydrogen-bond donors (Lipinski definition) is 0. The number of para-hydroxylation sites is 1. The number of unbranched alkanes of at least 4 members (excludes halogenated alkanes) is 4. The highest BCUT2D eigenvalue weighted by Gasteiger charge is 2.35. The Kier molecular flexibility index (Phi) is 7.14. The fourth-order valence-corrected chi connectivity index (χ4v) is 3.22. The van der Waals surface area contributed by atoms with Gasteiger partial charge in [0, 0.05) is 38.3 Å². The van der Waals surface area contributed by atoms with E-state index in [1.165, 1.54) is 25.0 Å². The van der Waals surface area contributed by atoms with Crippen LogP contribution >= 0.6 is 0 Å². The van der Waals surface area contributed by atoms with E-state index < -0.39 is 11.7 Å². The van der Waals surface area contributed by atoms with E-state index in [9.17, 15) is 18.0 Å². The molecule has 140 valence electrons. The zero-order valence-electron chi connectivity index (χ0n) is 14.8. The van der Waals surface area contributed by atoms with Gasteiger partial charge in [-0.1, -0.05) is 44.7 Å². The molecule has 0 aliphatic carbocycles. The Hall–Kier alpha value is -1.72. The second-order valence-corrected chi connectivity index (χ2v) is 6.55. The van der Waals surface area contributed by atoms with E-state index in [2.05, 4.69) is 6.92 Å². The third-order valence-corrected chi connectivity index (χ3v) is 4.68. The van der Waals surface area contributed by atoms with Crippen molar-refractivity contribution in [1.29, 1.82) is 0 Å². The van der Waals surface area contributed by atoms with Gasteiger partial charge in [-0.3, -0.25) is 4.79 Å². The number of halogens is 3. The highest BCUT2D eigenvalue weighted by molar-refractivity contribution is 5.76. The molecule has 0 spiro atoms. The zero-order valence-corrected chi connectivity index (χ0v) is 14.8. The Morgan fingerprint density at radius 3 is 2.28 bits per heavy atom. The Balaban J connectivity index is 1.85. The Morgan fingerprint density at radius 1 is 1.00 bits per heavy atom. The number of alkyl halides is 3. The van der Waals surface area contributed by atoms with Crippen molar-refractivity contribution >= 4 is 11.6 Å². The van der Waals surface area contributed by atoms with Gasteiger partial charge in [-0.2, -0.15) is 13.2 Å². The molecule has 1 aromatic carbocycles. The Labute approximate surface area is 147 Å². The van der Waals surface area contributed by atoms with Crippen molar-refractivity contribution < 1.29 is 18.0 Å². The molecular weight excluding hydrogens is 329 g/mol. The highest BCUT2D eigenvalue weighted by Crippen LogP contribution is 2.36. The van der Waals surface area contributed by atoms with Crippen LogP contribution in [0.4, 0.5) is 18.9 Å². The lowest BCUT2D eigenvalue weighted by molar-refractivity contribution is -0.137. The first-order valence-electron chi connectivity index (χ1n) is 9.12. The van der Waals surface area contributed by atoms with Crippen molar-refractivity contribution in [2.75, 3.05) is 31.1 Å². The second-order valence-electron chi connectivity index (χ2n) is 6.55. The molecule has 0 bridgehead atoms. The highest BCUT2D eigenvalue weighted by atomic mass is 19.4. The first-order valence-corrected chi connectivity index (χ1v) is 9.12. The van der Waals surface area contributed by atoms with E-state index in [1.54, 1.807) is 15.9 Å². The van der Waals surface area contributed by atoms with Crippen LogP contribution in [0, 0.1) is 0 Å². The second kappa shape index (κ2) is 9.11. The van der Waals surface area contributed by atoms with Crippen LogP contribution in [0.1, 0.15) is 51.0 Å². The van der Waals surface area contributed by atoms with E-state index in [-0.39, 0.29) is 11.6 Å². The molecule has 1 amide bonds. The SMILES string of the molecule is CCCCCCCC(=O)N1CCN(c2ccccc2C(F)(F)F)CC1. The normalized spacial score (nSPS) is 15.5. The minimum atomic E-state index is -4.36. The third kappa shape index (κ3) is 5.65. The van der Waals surface area contributed by atoms with Crippen LogP contribution in [-0.2, 0) is 11.0 Å². The fraction of sp³-hybridized carbons (Fsp3) is 0.632. The molecule has 1 aliphatic heterocycles. The number of amides is 1. The van der Waals surface area contributed by atoms with Crippen LogP contribution in [0.25, 0.3) is 0 Å². The van der Waals surface area contributed by atoms with Gasteiger partial charge in [0.25, 0.3) is 0 Å². The van der Waals surface area contributed by atoms with E-state index in [4.69, 9.17) is 0 Å². The monoisotopic (exact) mass is 356 g/mol. The molecule has 6 heteroatoms. The number of carbonyl (C=O) groups excluding carboxylic acids is 1. The molecule has 2 rings (SSSR count). The van der Waals surface area contributed by atoms with Crippen molar-refractivity contribution in [2.24, 2.45) is 0 Å². The number of benzene rings is 1. The fourth-order valence-electron chi connectivity index (χ4n) is 3.22. The summed E-state index contributed by atoms with van der Waals surface area (Å²) in [4.78, 5) is 15.7. The Morgan fingerprint density at radius 2 is 1.64 bits per heavy atom. The van der Waals surface area contributed by atoms with E-state index in [0.717, 1.165) is 25.3 Å². The van der Waals surface area contributed by atoms with Crippen LogP contribution in [0.2, 0.25) is 0 Å². The molecule has 0 unspecified atom stereocenters. The summed E-state index contributed by atoms with van der Waals surface area (Å²) in [5, 5.41) is 0. The van der Waals surface area contributed by atoms with E-state index in [1.807, 2.05) is 0 Å². The predicted octanol–water partition coefficient (Wildman–Crippen LogP) is 4.71. The zero-order chi connectivity index (χ0) is 18.3. The summed E-state index contributed by atoms with van der Waals surface area (Å²) in [5.41, 5.74) is -0.396. The lowest BCUT2D eigenvalue weighted by Gasteiger charge is -2.37. The van der Waals surface area contributed by atoms with Gasteiger partial charge in [-0.05, 0) is 18.6 Å². The summed E-state index contributed by atoms with van der Waals surface area (Å²) in [6.07, 6.45) is 1.69. The first-order chi connectivity index (χ1) is 11.9. The lowest BCUT2D eigenvalue weighted by Crippen LogP contribution is -2.49. The summed E-state index contributed by atoms with van der Waals surface area (Å²) in [6, 6.07) is 5.65. The van der Waals surface area contributed by atoms with Gasteiger partial charge in [-0.15, -0.1) is 0 Å². The molecule has 1 saturated heterocycles. The van der Waals surface area contributed by atoms with Crippen molar-refractivity contribution in [3.05, 3.63) is 29.8 Å². The molecule has 0 atom stereocenters. The predicted molar refractivity (Wildman–Crippen MR) is 93.6 cm³/mol. The third-order valence-electron chi connectivity index (χ3n) is 4.68. The van der Waals surface area contributed by atoms with Crippen molar-refractivity contribution in [2.45, 2.75) is 51.6 Å². The van der Waals surface area contributed by atoms with Crippen molar-refractivity contribution in [3.8, 4) is 0 Å². The molecule has 0 N–H and O–H groups in total. The van der Waals surface area contributed by atoms with E-state index >= 15 is 0 Å². The van der Waals surface area contributed by atoms with Gasteiger partial charge >= 0.3 is 6.18 Å². The molecule has 3 nitrogen and oxygen atoms in total. The van der Waals surface area contributed by atoms with Gasteiger partial charge in [-0.25, -0.2) is 0 Å². The van der Waals surface area contributed by atoms with Crippen LogP contribution in [-0.4, -0.2) is 37.0 Å². The van der Waals surface area contributed by atoms with Gasteiger partial charge < -0.3 is 9.80 Å². The average Bonchev–Trinajstić information content (AvgIpc) is 2.61. The summed E-state index contributed by atoms with van der Waals surface area (Å²) in [6.45, 7) is 4.00. The summed E-state index contributed by atoms with van der Waals surface area (Å²) in [7, 11) is 0. The molecule has 0 saturated carbocycles. The van der Waals surface area contributed by atoms with E-state index in [0.29, 0.717) is 32.6 Å². The first kappa shape index (κ1) is 19.6. The minimum absolute atomic E-state index is 0.125. The molecule has 0 radical (unpaired) electrons. The smallest absolute Gasteiger partial charge is 0.367 e. The van der Waals surface area contributed by atoms with Gasteiger partial charge in [0.05, 0.1) is 5.56 Å². The summed E-state index contributed by atoms with van der Waals surface area (Å²) >= 11 is 0. The number of piperazine rings is 1. The van der Waals surface area contributed by atoms with Crippen LogP contribution < -0.4 is 4.90 Å². The van der Waals surface area contributed by atoms with Gasteiger partial charge in [0.1, 0.15) is 0 Å². The number of anilines is 1. The number of carbonyl (C=O) groups is 1. The standard InChI is InChI=1S/C19H27F3N2O/c1-2-3-4-5-6-11-18(25)24-14-12-23(13-15-24)17-10-8-7-9-16(17)19(20,21)22/h7-10H,2-6,11-15H2,1H3. The Bertz CT molecular complexity index is 552. The van der Waals surface area contributed by atoms with Gasteiger partial charge in [0.2, 0.25) is 5.91 Å². The quantitative estimate of drug-likeness (QED) is 0.660. The van der Waals surface area contributed by atoms with Crippen molar-refractivity contribution in [3.63, 3.8) is 0 Å². The minimum Gasteiger partial charge on any atom is -0.367 e. The van der Waals surface area contributed by atoms with Crippen molar-refractivity contribution in [1.82, 2.24) is 4.90 Å². The summed E-state index contributed by atoms with van der Waals surface area (Å²) < 4.78 is 39.4. The van der Waals surface area contributed by atoms with Crippen LogP contribution in [0.5, 0.6) is 0 Å². The maximum Gasteiger partial charge on any atom is 0.418 e.